The Morgan fingerprint density at radius 1 is 0.963 bits per heavy atom. The van der Waals surface area contributed by atoms with E-state index in [1.54, 1.807) is 35.8 Å². The molecule has 2 aliphatic heterocycles. The van der Waals surface area contributed by atoms with Gasteiger partial charge in [0, 0.05) is 49.2 Å². The van der Waals surface area contributed by atoms with Gasteiger partial charge in [0.2, 0.25) is 5.91 Å². The van der Waals surface area contributed by atoms with E-state index in [2.05, 4.69) is 28.8 Å². The van der Waals surface area contributed by atoms with Crippen LogP contribution in [-0.4, -0.2) is 65.0 Å². The van der Waals surface area contributed by atoms with E-state index in [0.717, 1.165) is 42.0 Å². The number of pyridine rings is 1. The SMILES string of the molecule is CC(=O)c1nn2c3c(cc(-c4cnc(C)nc4)cc13)CCCCC(C)(C)CC(=O)CC[C@@]13C[C@@H](C(=O)Cc4nc(C(F)(F)F)ccc4C)N(C(=O)C2)[C@@H]1C3. The number of piperidine rings is 1. The highest BCUT2D eigenvalue weighted by Crippen LogP contribution is 2.62. The van der Waals surface area contributed by atoms with Gasteiger partial charge in [-0.1, -0.05) is 26.3 Å². The first-order valence-corrected chi connectivity index (χ1v) is 18.7. The molecule has 7 rings (SSSR count). The Morgan fingerprint density at radius 2 is 1.70 bits per heavy atom. The van der Waals surface area contributed by atoms with Crippen LogP contribution in [0.3, 0.4) is 0 Å². The molecule has 5 heterocycles. The van der Waals surface area contributed by atoms with Gasteiger partial charge in [-0.2, -0.15) is 18.3 Å². The molecule has 2 fully saturated rings. The maximum Gasteiger partial charge on any atom is 0.433 e. The first kappa shape index (κ1) is 37.5. The summed E-state index contributed by atoms with van der Waals surface area (Å²) in [7, 11) is 0. The summed E-state index contributed by atoms with van der Waals surface area (Å²) < 4.78 is 42.3. The maximum atomic E-state index is 14.6. The number of Topliss-reactive ketones (excluding diaryl/α,β-unsaturated/α-hetero) is 3. The lowest BCUT2D eigenvalue weighted by Crippen LogP contribution is -2.45. The van der Waals surface area contributed by atoms with Crippen molar-refractivity contribution in [3.8, 4) is 11.1 Å². The van der Waals surface area contributed by atoms with Crippen molar-refractivity contribution in [1.82, 2.24) is 29.6 Å². The molecule has 2 bridgehead atoms. The van der Waals surface area contributed by atoms with Crippen molar-refractivity contribution in [3.05, 3.63) is 70.7 Å². The second-order valence-electron chi connectivity index (χ2n) is 16.4. The Hall–Kier alpha value is -4.81. The van der Waals surface area contributed by atoms with Crippen molar-refractivity contribution in [2.24, 2.45) is 10.8 Å². The Kier molecular flexibility index (Phi) is 9.58. The third-order valence-electron chi connectivity index (χ3n) is 11.7. The summed E-state index contributed by atoms with van der Waals surface area (Å²) in [6.45, 7) is 8.82. The number of carbonyl (C=O) groups excluding carboxylic acids is 4. The predicted octanol–water partition coefficient (Wildman–Crippen LogP) is 7.39. The molecular weight excluding hydrogens is 697 g/mol. The third-order valence-corrected chi connectivity index (χ3v) is 11.7. The summed E-state index contributed by atoms with van der Waals surface area (Å²) in [5, 5.41) is 5.32. The number of hydrogen-bond donors (Lipinski definition) is 0. The average Bonchev–Trinajstić information content (AvgIpc) is 3.51. The van der Waals surface area contributed by atoms with Crippen molar-refractivity contribution in [1.29, 1.82) is 0 Å². The molecule has 3 aliphatic rings. The molecule has 13 heteroatoms. The van der Waals surface area contributed by atoms with E-state index in [4.69, 9.17) is 5.10 Å². The van der Waals surface area contributed by atoms with Crippen LogP contribution in [-0.2, 0) is 39.9 Å². The molecule has 1 saturated heterocycles. The normalized spacial score (nSPS) is 23.3. The number of hydrogen-bond acceptors (Lipinski definition) is 8. The van der Waals surface area contributed by atoms with E-state index < -0.39 is 29.1 Å². The minimum Gasteiger partial charge on any atom is -0.327 e. The summed E-state index contributed by atoms with van der Waals surface area (Å²) in [4.78, 5) is 69.3. The van der Waals surface area contributed by atoms with Crippen molar-refractivity contribution < 1.29 is 32.3 Å². The summed E-state index contributed by atoms with van der Waals surface area (Å²) in [6, 6.07) is 4.91. The number of amides is 1. The Bertz CT molecular complexity index is 2180. The quantitative estimate of drug-likeness (QED) is 0.194. The summed E-state index contributed by atoms with van der Waals surface area (Å²) in [5.74, 6) is -0.257. The standard InChI is InChI=1S/C41H45F3N6O4/c1-23-9-10-34(41(42,43)44)47-31(23)16-33(53)32-18-40-13-11-29(52)17-39(4,5)12-7-6-8-26-14-27(28-20-45-25(3)46-21-28)15-30-37(24(2)51)48-49(38(26)30)22-36(54)50(32)35(40)19-40/h9-10,14-15,20-21,32,35H,6-8,11-13,16-19,22H2,1-5H3/t32-,35+,40-/m0/s1. The molecule has 0 unspecified atom stereocenters. The van der Waals surface area contributed by atoms with Crippen molar-refractivity contribution >= 4 is 34.2 Å². The van der Waals surface area contributed by atoms with Gasteiger partial charge in [0.05, 0.1) is 23.7 Å². The summed E-state index contributed by atoms with van der Waals surface area (Å²) in [6.07, 6.45) is 3.78. The molecule has 0 N–H and O–H groups in total. The zero-order chi connectivity index (χ0) is 38.7. The fourth-order valence-electron chi connectivity index (χ4n) is 8.72. The zero-order valence-electron chi connectivity index (χ0n) is 31.3. The second kappa shape index (κ2) is 13.8. The minimum atomic E-state index is -4.67. The van der Waals surface area contributed by atoms with Gasteiger partial charge >= 0.3 is 6.18 Å². The number of halogens is 3. The van der Waals surface area contributed by atoms with Crippen LogP contribution in [0, 0.1) is 24.7 Å². The fourth-order valence-corrected chi connectivity index (χ4v) is 8.72. The summed E-state index contributed by atoms with van der Waals surface area (Å²) >= 11 is 0. The zero-order valence-corrected chi connectivity index (χ0v) is 31.3. The van der Waals surface area contributed by atoms with E-state index in [1.165, 1.54) is 13.0 Å². The van der Waals surface area contributed by atoms with Gasteiger partial charge < -0.3 is 4.90 Å². The number of rotatable bonds is 5. The van der Waals surface area contributed by atoms with Gasteiger partial charge in [-0.15, -0.1) is 0 Å². The highest BCUT2D eigenvalue weighted by molar-refractivity contribution is 6.07. The Labute approximate surface area is 312 Å². The highest BCUT2D eigenvalue weighted by atomic mass is 19.4. The van der Waals surface area contributed by atoms with E-state index in [1.807, 2.05) is 12.1 Å². The molecule has 1 saturated carbocycles. The van der Waals surface area contributed by atoms with Crippen LogP contribution < -0.4 is 0 Å². The molecule has 1 aromatic carbocycles. The topological polar surface area (TPSA) is 128 Å². The van der Waals surface area contributed by atoms with Crippen LogP contribution in [0.2, 0.25) is 0 Å². The molecule has 3 aromatic heterocycles. The van der Waals surface area contributed by atoms with Crippen LogP contribution in [0.1, 0.15) is 111 Å². The van der Waals surface area contributed by atoms with E-state index in [-0.39, 0.29) is 53.3 Å². The second-order valence-corrected chi connectivity index (χ2v) is 16.4. The number of carbonyl (C=O) groups is 4. The molecule has 3 atom stereocenters. The van der Waals surface area contributed by atoms with Crippen LogP contribution in [0.5, 0.6) is 0 Å². The molecule has 10 nitrogen and oxygen atoms in total. The Balaban J connectivity index is 1.30. The van der Waals surface area contributed by atoms with E-state index in [0.29, 0.717) is 60.8 Å². The first-order chi connectivity index (χ1) is 25.4. The lowest BCUT2D eigenvalue weighted by atomic mass is 9.80. The smallest absolute Gasteiger partial charge is 0.327 e. The van der Waals surface area contributed by atoms with Gasteiger partial charge in [0.25, 0.3) is 0 Å². The first-order valence-electron chi connectivity index (χ1n) is 18.7. The molecule has 284 valence electrons. The number of ketones is 3. The predicted molar refractivity (Wildman–Crippen MR) is 194 cm³/mol. The van der Waals surface area contributed by atoms with Crippen LogP contribution in [0.25, 0.3) is 22.0 Å². The van der Waals surface area contributed by atoms with Gasteiger partial charge in [0.15, 0.2) is 11.6 Å². The van der Waals surface area contributed by atoms with Crippen LogP contribution >= 0.6 is 0 Å². The largest absolute Gasteiger partial charge is 0.433 e. The molecule has 0 radical (unpaired) electrons. The van der Waals surface area contributed by atoms with Gasteiger partial charge in [-0.25, -0.2) is 15.0 Å². The highest BCUT2D eigenvalue weighted by Gasteiger charge is 2.66. The Morgan fingerprint density at radius 3 is 2.41 bits per heavy atom. The maximum absolute atomic E-state index is 14.6. The lowest BCUT2D eigenvalue weighted by molar-refractivity contribution is -0.141. The van der Waals surface area contributed by atoms with Gasteiger partial charge in [-0.3, -0.25) is 23.9 Å². The third kappa shape index (κ3) is 7.33. The molecule has 1 aliphatic carbocycles. The molecule has 0 spiro atoms. The van der Waals surface area contributed by atoms with Gasteiger partial charge in [-0.05, 0) is 98.1 Å². The van der Waals surface area contributed by atoms with Gasteiger partial charge in [0.1, 0.15) is 29.5 Å². The minimum absolute atomic E-state index is 0.0207. The summed E-state index contributed by atoms with van der Waals surface area (Å²) in [5.41, 5.74) is 2.10. The average molecular weight is 743 g/mol. The van der Waals surface area contributed by atoms with Crippen LogP contribution in [0.4, 0.5) is 13.2 Å². The molecule has 54 heavy (non-hydrogen) atoms. The number of aromatic nitrogens is 5. The number of nitrogens with zero attached hydrogens (tertiary/aromatic N) is 6. The molecule has 4 aromatic rings. The molecule has 1 amide bonds. The van der Waals surface area contributed by atoms with E-state index >= 15 is 0 Å². The number of alkyl halides is 3. The van der Waals surface area contributed by atoms with Crippen molar-refractivity contribution in [2.45, 2.75) is 124 Å². The number of aryl methyl sites for hydroxylation is 3. The monoisotopic (exact) mass is 742 g/mol. The van der Waals surface area contributed by atoms with Crippen molar-refractivity contribution in [3.63, 3.8) is 0 Å². The number of benzene rings is 1. The van der Waals surface area contributed by atoms with Crippen molar-refractivity contribution in [2.75, 3.05) is 0 Å². The molecular formula is C41H45F3N6O4. The van der Waals surface area contributed by atoms with E-state index in [9.17, 15) is 32.3 Å². The van der Waals surface area contributed by atoms with Crippen LogP contribution in [0.15, 0.2) is 36.7 Å². The lowest BCUT2D eigenvalue weighted by Gasteiger charge is -2.27. The fraction of sp³-hybridized carbons (Fsp3) is 0.512.